The fourth-order valence-electron chi connectivity index (χ4n) is 2.79. The first-order chi connectivity index (χ1) is 10.2. The van der Waals surface area contributed by atoms with Crippen molar-refractivity contribution in [2.45, 2.75) is 39.2 Å². The van der Waals surface area contributed by atoms with E-state index in [9.17, 15) is 5.26 Å². The lowest BCUT2D eigenvalue weighted by Crippen LogP contribution is -2.37. The molecule has 0 saturated carbocycles. The number of aromatic nitrogens is 1. The number of aryl methyl sites for hydroxylation is 2. The van der Waals surface area contributed by atoms with E-state index in [2.05, 4.69) is 16.0 Å². The maximum atomic E-state index is 9.36. The second kappa shape index (κ2) is 7.39. The Morgan fingerprint density at radius 1 is 1.43 bits per heavy atom. The Kier molecular flexibility index (Phi) is 5.54. The van der Waals surface area contributed by atoms with Crippen molar-refractivity contribution in [1.82, 2.24) is 4.98 Å². The van der Waals surface area contributed by atoms with E-state index in [1.807, 2.05) is 19.9 Å². The zero-order valence-electron chi connectivity index (χ0n) is 12.9. The number of nitriles is 1. The highest BCUT2D eigenvalue weighted by atomic mass is 16.5. The van der Waals surface area contributed by atoms with Gasteiger partial charge in [-0.05, 0) is 45.7 Å². The fraction of sp³-hybridized carbons (Fsp3) is 0.625. The number of piperidine rings is 1. The number of rotatable bonds is 5. The topological polar surface area (TPSA) is 75.2 Å². The average molecular weight is 288 g/mol. The van der Waals surface area contributed by atoms with E-state index in [1.165, 1.54) is 0 Å². The van der Waals surface area contributed by atoms with Gasteiger partial charge in [-0.2, -0.15) is 5.26 Å². The minimum atomic E-state index is 0.322. The summed E-state index contributed by atoms with van der Waals surface area (Å²) in [6, 6.07) is 4.31. The molecule has 0 aliphatic carbocycles. The van der Waals surface area contributed by atoms with Crippen molar-refractivity contribution in [2.75, 3.05) is 31.1 Å². The Labute approximate surface area is 126 Å². The van der Waals surface area contributed by atoms with Crippen LogP contribution in [-0.2, 0) is 4.74 Å². The molecule has 0 radical (unpaired) electrons. The molecule has 1 aromatic rings. The van der Waals surface area contributed by atoms with Crippen LogP contribution in [-0.4, -0.2) is 37.3 Å². The number of nitrogens with zero attached hydrogens (tertiary/aromatic N) is 3. The third-order valence-electron chi connectivity index (χ3n) is 3.90. The van der Waals surface area contributed by atoms with Gasteiger partial charge in [-0.1, -0.05) is 0 Å². The Bertz CT molecular complexity index is 516. The first-order valence-corrected chi connectivity index (χ1v) is 7.60. The Balaban J connectivity index is 2.01. The van der Waals surface area contributed by atoms with Crippen molar-refractivity contribution in [1.29, 1.82) is 5.26 Å². The summed E-state index contributed by atoms with van der Waals surface area (Å²) in [4.78, 5) is 6.66. The summed E-state index contributed by atoms with van der Waals surface area (Å²) in [5, 5.41) is 9.36. The number of ether oxygens (including phenoxy) is 1. The van der Waals surface area contributed by atoms with Crippen molar-refractivity contribution in [3.63, 3.8) is 0 Å². The third-order valence-corrected chi connectivity index (χ3v) is 3.90. The lowest BCUT2D eigenvalue weighted by atomic mass is 10.0. The van der Waals surface area contributed by atoms with Crippen LogP contribution in [0.5, 0.6) is 0 Å². The van der Waals surface area contributed by atoms with Gasteiger partial charge in [0.25, 0.3) is 0 Å². The van der Waals surface area contributed by atoms with Crippen molar-refractivity contribution in [2.24, 2.45) is 5.73 Å². The molecule has 5 heteroatoms. The summed E-state index contributed by atoms with van der Waals surface area (Å²) in [6.07, 6.45) is 3.23. The molecule has 1 saturated heterocycles. The van der Waals surface area contributed by atoms with E-state index in [-0.39, 0.29) is 0 Å². The van der Waals surface area contributed by atoms with Gasteiger partial charge < -0.3 is 15.4 Å². The molecule has 1 fully saturated rings. The molecule has 0 bridgehead atoms. The lowest BCUT2D eigenvalue weighted by molar-refractivity contribution is 0.0366. The van der Waals surface area contributed by atoms with Crippen LogP contribution in [0, 0.1) is 25.2 Å². The number of pyridine rings is 1. The van der Waals surface area contributed by atoms with Gasteiger partial charge in [-0.3, -0.25) is 4.98 Å². The molecule has 1 aliphatic heterocycles. The molecule has 1 aromatic heterocycles. The molecule has 2 rings (SSSR count). The smallest absolute Gasteiger partial charge is 0.103 e. The number of hydrogen-bond donors (Lipinski definition) is 1. The Morgan fingerprint density at radius 3 is 2.76 bits per heavy atom. The van der Waals surface area contributed by atoms with Crippen LogP contribution in [0.15, 0.2) is 6.07 Å². The standard InChI is InChI=1S/C16H24N4O/c1-12-10-16(15(11-18)13(2)19-12)20-7-4-14(5-8-20)21-9-3-6-17/h10,14H,3-9,17H2,1-2H3. The molecule has 0 atom stereocenters. The molecule has 21 heavy (non-hydrogen) atoms. The van der Waals surface area contributed by atoms with Gasteiger partial charge in [-0.15, -0.1) is 0 Å². The van der Waals surface area contributed by atoms with Crippen LogP contribution in [0.2, 0.25) is 0 Å². The van der Waals surface area contributed by atoms with Crippen molar-refractivity contribution < 1.29 is 4.74 Å². The fourth-order valence-corrected chi connectivity index (χ4v) is 2.79. The van der Waals surface area contributed by atoms with E-state index in [0.29, 0.717) is 18.2 Å². The minimum absolute atomic E-state index is 0.322. The van der Waals surface area contributed by atoms with Crippen LogP contribution in [0.3, 0.4) is 0 Å². The molecule has 1 aliphatic rings. The molecule has 2 heterocycles. The summed E-state index contributed by atoms with van der Waals surface area (Å²) >= 11 is 0. The monoisotopic (exact) mass is 288 g/mol. The lowest BCUT2D eigenvalue weighted by Gasteiger charge is -2.34. The highest BCUT2D eigenvalue weighted by Crippen LogP contribution is 2.27. The highest BCUT2D eigenvalue weighted by molar-refractivity contribution is 5.61. The summed E-state index contributed by atoms with van der Waals surface area (Å²) < 4.78 is 5.83. The molecular weight excluding hydrogens is 264 g/mol. The van der Waals surface area contributed by atoms with E-state index in [4.69, 9.17) is 10.5 Å². The van der Waals surface area contributed by atoms with Crippen LogP contribution in [0.4, 0.5) is 5.69 Å². The van der Waals surface area contributed by atoms with Crippen LogP contribution >= 0.6 is 0 Å². The minimum Gasteiger partial charge on any atom is -0.378 e. The zero-order valence-corrected chi connectivity index (χ0v) is 12.9. The van der Waals surface area contributed by atoms with Gasteiger partial charge in [0.05, 0.1) is 23.0 Å². The molecule has 5 nitrogen and oxygen atoms in total. The maximum Gasteiger partial charge on any atom is 0.103 e. The largest absolute Gasteiger partial charge is 0.378 e. The van der Waals surface area contributed by atoms with E-state index in [1.54, 1.807) is 0 Å². The third kappa shape index (κ3) is 3.93. The van der Waals surface area contributed by atoms with Crippen LogP contribution in [0.25, 0.3) is 0 Å². The van der Waals surface area contributed by atoms with Crippen molar-refractivity contribution in [3.8, 4) is 6.07 Å². The summed E-state index contributed by atoms with van der Waals surface area (Å²) in [6.45, 7) is 7.14. The first kappa shape index (κ1) is 15.7. The van der Waals surface area contributed by atoms with Gasteiger partial charge in [0, 0.05) is 25.4 Å². The van der Waals surface area contributed by atoms with E-state index >= 15 is 0 Å². The van der Waals surface area contributed by atoms with Gasteiger partial charge in [0.2, 0.25) is 0 Å². The Hall–Kier alpha value is -1.64. The Morgan fingerprint density at radius 2 is 2.14 bits per heavy atom. The van der Waals surface area contributed by atoms with Crippen LogP contribution < -0.4 is 10.6 Å². The average Bonchev–Trinajstić information content (AvgIpc) is 2.47. The number of anilines is 1. The molecule has 0 spiro atoms. The van der Waals surface area contributed by atoms with Gasteiger partial charge in [-0.25, -0.2) is 0 Å². The maximum absolute atomic E-state index is 9.36. The summed E-state index contributed by atoms with van der Waals surface area (Å²) in [5.74, 6) is 0. The zero-order chi connectivity index (χ0) is 15.2. The molecule has 0 unspecified atom stereocenters. The molecular formula is C16H24N4O. The van der Waals surface area contributed by atoms with Gasteiger partial charge in [0.1, 0.15) is 6.07 Å². The molecule has 2 N–H and O–H groups in total. The first-order valence-electron chi connectivity index (χ1n) is 7.60. The van der Waals surface area contributed by atoms with Crippen molar-refractivity contribution in [3.05, 3.63) is 23.0 Å². The molecule has 0 aromatic carbocycles. The van der Waals surface area contributed by atoms with Gasteiger partial charge in [0.15, 0.2) is 0 Å². The second-order valence-corrected chi connectivity index (χ2v) is 5.55. The molecule has 0 amide bonds. The predicted octanol–water partition coefficient (Wildman–Crippen LogP) is 1.90. The van der Waals surface area contributed by atoms with Crippen LogP contribution in [0.1, 0.15) is 36.2 Å². The van der Waals surface area contributed by atoms with Crippen molar-refractivity contribution >= 4 is 5.69 Å². The second-order valence-electron chi connectivity index (χ2n) is 5.55. The number of hydrogen-bond acceptors (Lipinski definition) is 5. The quantitative estimate of drug-likeness (QED) is 0.838. The summed E-state index contributed by atoms with van der Waals surface area (Å²) in [5.41, 5.74) is 8.97. The molecule has 114 valence electrons. The van der Waals surface area contributed by atoms with E-state index < -0.39 is 0 Å². The summed E-state index contributed by atoms with van der Waals surface area (Å²) in [7, 11) is 0. The normalized spacial score (nSPS) is 16.0. The SMILES string of the molecule is Cc1cc(N2CCC(OCCCN)CC2)c(C#N)c(C)n1. The predicted molar refractivity (Wildman–Crippen MR) is 83.3 cm³/mol. The van der Waals surface area contributed by atoms with Gasteiger partial charge >= 0.3 is 0 Å². The highest BCUT2D eigenvalue weighted by Gasteiger charge is 2.22. The number of nitrogens with two attached hydrogens (primary N) is 1. The van der Waals surface area contributed by atoms with E-state index in [0.717, 1.165) is 56.0 Å².